The Kier molecular flexibility index (Phi) is 26.4. The molecule has 0 fully saturated rings. The maximum Gasteiger partial charge on any atom is 0.111 e. The van der Waals surface area contributed by atoms with Crippen LogP contribution in [0.5, 0.6) is 0 Å². The first-order valence-electron chi connectivity index (χ1n) is 18.8. The molecule has 0 spiro atoms. The normalized spacial score (nSPS) is 13.2. The largest absolute Gasteiger partial charge is 0.332 e. The van der Waals surface area contributed by atoms with Crippen LogP contribution in [-0.4, -0.2) is 9.55 Å². The lowest BCUT2D eigenvalue weighted by Gasteiger charge is -2.22. The van der Waals surface area contributed by atoms with Gasteiger partial charge in [0.1, 0.15) is 5.82 Å². The maximum atomic E-state index is 4.98. The van der Waals surface area contributed by atoms with Gasteiger partial charge in [-0.15, -0.1) is 0 Å². The summed E-state index contributed by atoms with van der Waals surface area (Å²) in [6.45, 7) is 9.38. The molecule has 2 atom stereocenters. The number of imidazole rings is 1. The van der Waals surface area contributed by atoms with E-state index in [4.69, 9.17) is 4.98 Å². The van der Waals surface area contributed by atoms with Gasteiger partial charge < -0.3 is 4.57 Å². The lowest BCUT2D eigenvalue weighted by Crippen LogP contribution is -2.13. The Hall–Kier alpha value is -0.790. The van der Waals surface area contributed by atoms with Crippen LogP contribution < -0.4 is 0 Å². The Morgan fingerprint density at radius 3 is 1.18 bits per heavy atom. The van der Waals surface area contributed by atoms with Crippen molar-refractivity contribution in [3.8, 4) is 0 Å². The van der Waals surface area contributed by atoms with E-state index in [1.807, 2.05) is 0 Å². The summed E-state index contributed by atoms with van der Waals surface area (Å²) in [5, 5.41) is 0. The smallest absolute Gasteiger partial charge is 0.111 e. The van der Waals surface area contributed by atoms with Gasteiger partial charge in [-0.25, -0.2) is 4.98 Å². The molecule has 0 saturated heterocycles. The average molecular weight is 559 g/mol. The number of unbranched alkanes of at least 4 members (excludes halogenated alkanes) is 23. The molecular formula is C38H74N2. The molecule has 0 aliphatic carbocycles. The van der Waals surface area contributed by atoms with E-state index in [9.17, 15) is 0 Å². The van der Waals surface area contributed by atoms with Crippen LogP contribution in [0, 0.1) is 0 Å². The highest BCUT2D eigenvalue weighted by molar-refractivity contribution is 5.02. The van der Waals surface area contributed by atoms with E-state index < -0.39 is 0 Å². The maximum absolute atomic E-state index is 4.98. The molecular weight excluding hydrogens is 484 g/mol. The molecule has 0 radical (unpaired) electrons. The second-order valence-corrected chi connectivity index (χ2v) is 13.2. The first-order valence-corrected chi connectivity index (χ1v) is 18.8. The summed E-state index contributed by atoms with van der Waals surface area (Å²) in [5.74, 6) is 2.06. The van der Waals surface area contributed by atoms with Crippen LogP contribution in [0.4, 0.5) is 0 Å². The predicted octanol–water partition coefficient (Wildman–Crippen LogP) is 13.9. The van der Waals surface area contributed by atoms with E-state index in [1.54, 1.807) is 0 Å². The standard InChI is InChI=1S/C38H74N2/c1-5-8-11-14-17-18-19-20-21-22-24-25-28-31-36(4)40-35-34-39-38(40)37(32-29-26-16-13-10-7-3)33-30-27-23-15-12-9-6-2/h34-37H,5-33H2,1-4H3. The Morgan fingerprint density at radius 2 is 0.800 bits per heavy atom. The minimum Gasteiger partial charge on any atom is -0.332 e. The van der Waals surface area contributed by atoms with Crippen LogP contribution in [0.3, 0.4) is 0 Å². The van der Waals surface area contributed by atoms with Crippen LogP contribution in [0.2, 0.25) is 0 Å². The van der Waals surface area contributed by atoms with Gasteiger partial charge in [0.15, 0.2) is 0 Å². The van der Waals surface area contributed by atoms with Gasteiger partial charge in [0.2, 0.25) is 0 Å². The molecule has 0 bridgehead atoms. The minimum atomic E-state index is 0.589. The Balaban J connectivity index is 2.35. The molecule has 2 unspecified atom stereocenters. The van der Waals surface area contributed by atoms with Gasteiger partial charge in [-0.3, -0.25) is 0 Å². The quantitative estimate of drug-likeness (QED) is 0.0828. The molecule has 0 aliphatic rings. The molecule has 0 saturated carbocycles. The van der Waals surface area contributed by atoms with E-state index in [0.717, 1.165) is 0 Å². The van der Waals surface area contributed by atoms with Gasteiger partial charge >= 0.3 is 0 Å². The molecule has 40 heavy (non-hydrogen) atoms. The van der Waals surface area contributed by atoms with Gasteiger partial charge in [0, 0.05) is 24.4 Å². The number of rotatable bonds is 31. The summed E-state index contributed by atoms with van der Waals surface area (Å²) in [7, 11) is 0. The van der Waals surface area contributed by atoms with E-state index in [2.05, 4.69) is 44.7 Å². The van der Waals surface area contributed by atoms with Crippen molar-refractivity contribution in [2.75, 3.05) is 0 Å². The van der Waals surface area contributed by atoms with Gasteiger partial charge in [-0.05, 0) is 26.2 Å². The summed E-state index contributed by atoms with van der Waals surface area (Å²) in [6.07, 6.45) is 45.2. The predicted molar refractivity (Wildman–Crippen MR) is 181 cm³/mol. The molecule has 236 valence electrons. The highest BCUT2D eigenvalue weighted by Gasteiger charge is 2.19. The molecule has 0 N–H and O–H groups in total. The Bertz CT molecular complexity index is 621. The molecule has 1 heterocycles. The van der Waals surface area contributed by atoms with Crippen LogP contribution in [-0.2, 0) is 0 Å². The summed E-state index contributed by atoms with van der Waals surface area (Å²) < 4.78 is 2.57. The van der Waals surface area contributed by atoms with Gasteiger partial charge in [0.05, 0.1) is 0 Å². The zero-order valence-corrected chi connectivity index (χ0v) is 28.2. The monoisotopic (exact) mass is 559 g/mol. The molecule has 0 amide bonds. The van der Waals surface area contributed by atoms with Crippen molar-refractivity contribution < 1.29 is 0 Å². The Morgan fingerprint density at radius 1 is 0.475 bits per heavy atom. The minimum absolute atomic E-state index is 0.589. The second-order valence-electron chi connectivity index (χ2n) is 13.2. The molecule has 2 nitrogen and oxygen atoms in total. The highest BCUT2D eigenvalue weighted by atomic mass is 15.1. The van der Waals surface area contributed by atoms with Crippen molar-refractivity contribution >= 4 is 0 Å². The fraction of sp³-hybridized carbons (Fsp3) is 0.921. The highest BCUT2D eigenvalue weighted by Crippen LogP contribution is 2.30. The SMILES string of the molecule is CCCCCCCCCCCCCCCC(C)n1ccnc1C(CCCCCCCC)CCCCCCCCC. The number of hydrogen-bond donors (Lipinski definition) is 0. The zero-order chi connectivity index (χ0) is 28.9. The summed E-state index contributed by atoms with van der Waals surface area (Å²) >= 11 is 0. The number of hydrogen-bond acceptors (Lipinski definition) is 1. The fourth-order valence-electron chi connectivity index (χ4n) is 6.53. The molecule has 0 aromatic carbocycles. The third-order valence-corrected chi connectivity index (χ3v) is 9.33. The van der Waals surface area contributed by atoms with E-state index in [1.165, 1.54) is 192 Å². The number of aromatic nitrogens is 2. The van der Waals surface area contributed by atoms with Crippen molar-refractivity contribution in [1.82, 2.24) is 9.55 Å². The van der Waals surface area contributed by atoms with Gasteiger partial charge in [-0.2, -0.15) is 0 Å². The average Bonchev–Trinajstić information content (AvgIpc) is 3.45. The van der Waals surface area contributed by atoms with E-state index in [-0.39, 0.29) is 0 Å². The molecule has 2 heteroatoms. The second kappa shape index (κ2) is 28.3. The summed E-state index contributed by atoms with van der Waals surface area (Å²) in [5.41, 5.74) is 0. The molecule has 1 aromatic heterocycles. The summed E-state index contributed by atoms with van der Waals surface area (Å²) in [4.78, 5) is 4.98. The molecule has 1 aromatic rings. The van der Waals surface area contributed by atoms with Crippen LogP contribution in [0.15, 0.2) is 12.4 Å². The van der Waals surface area contributed by atoms with Crippen LogP contribution in [0.25, 0.3) is 0 Å². The first-order chi connectivity index (χ1) is 19.7. The topological polar surface area (TPSA) is 17.8 Å². The summed E-state index contributed by atoms with van der Waals surface area (Å²) in [6, 6.07) is 0.589. The third-order valence-electron chi connectivity index (χ3n) is 9.33. The van der Waals surface area contributed by atoms with Gasteiger partial charge in [-0.1, -0.05) is 188 Å². The van der Waals surface area contributed by atoms with Crippen molar-refractivity contribution in [1.29, 1.82) is 0 Å². The van der Waals surface area contributed by atoms with Crippen molar-refractivity contribution in [2.45, 2.75) is 226 Å². The van der Waals surface area contributed by atoms with Gasteiger partial charge in [0.25, 0.3) is 0 Å². The fourth-order valence-corrected chi connectivity index (χ4v) is 6.53. The zero-order valence-electron chi connectivity index (χ0n) is 28.2. The van der Waals surface area contributed by atoms with E-state index in [0.29, 0.717) is 12.0 Å². The molecule has 0 aliphatic heterocycles. The van der Waals surface area contributed by atoms with Crippen LogP contribution in [0.1, 0.15) is 232 Å². The third kappa shape index (κ3) is 20.1. The van der Waals surface area contributed by atoms with Crippen molar-refractivity contribution in [3.63, 3.8) is 0 Å². The number of nitrogens with zero attached hydrogens (tertiary/aromatic N) is 2. The lowest BCUT2D eigenvalue weighted by atomic mass is 9.93. The molecule has 1 rings (SSSR count). The first kappa shape index (κ1) is 37.2. The van der Waals surface area contributed by atoms with Crippen LogP contribution >= 0.6 is 0 Å². The van der Waals surface area contributed by atoms with Crippen molar-refractivity contribution in [2.24, 2.45) is 0 Å². The lowest BCUT2D eigenvalue weighted by molar-refractivity contribution is 0.412. The van der Waals surface area contributed by atoms with Crippen molar-refractivity contribution in [3.05, 3.63) is 18.2 Å². The van der Waals surface area contributed by atoms with E-state index >= 15 is 0 Å². The Labute approximate surface area is 253 Å².